The number of nitrogens with zero attached hydrogens (tertiary/aromatic N) is 3. The SMILES string of the molecule is Cc1c(C(=O)NCC2(O)CCC2)cnn1-c1ccncc1. The lowest BCUT2D eigenvalue weighted by Crippen LogP contribution is -2.47. The van der Waals surface area contributed by atoms with E-state index in [1.165, 1.54) is 0 Å². The van der Waals surface area contributed by atoms with Crippen LogP contribution >= 0.6 is 0 Å². The van der Waals surface area contributed by atoms with E-state index in [2.05, 4.69) is 15.4 Å². The van der Waals surface area contributed by atoms with E-state index < -0.39 is 5.60 Å². The number of amides is 1. The Balaban J connectivity index is 1.74. The molecule has 1 aliphatic carbocycles. The fraction of sp³-hybridized carbons (Fsp3) is 0.400. The second kappa shape index (κ2) is 5.29. The van der Waals surface area contributed by atoms with Crippen LogP contribution in [0.2, 0.25) is 0 Å². The zero-order valence-corrected chi connectivity index (χ0v) is 11.9. The van der Waals surface area contributed by atoms with E-state index in [-0.39, 0.29) is 5.91 Å². The Morgan fingerprint density at radius 2 is 2.14 bits per heavy atom. The highest BCUT2D eigenvalue weighted by Gasteiger charge is 2.34. The summed E-state index contributed by atoms with van der Waals surface area (Å²) in [6.07, 6.45) is 7.44. The molecule has 2 heterocycles. The number of rotatable bonds is 4. The van der Waals surface area contributed by atoms with Gasteiger partial charge in [0.2, 0.25) is 0 Å². The molecule has 1 fully saturated rings. The molecule has 6 heteroatoms. The first-order chi connectivity index (χ1) is 10.1. The summed E-state index contributed by atoms with van der Waals surface area (Å²) in [7, 11) is 0. The van der Waals surface area contributed by atoms with E-state index in [9.17, 15) is 9.90 Å². The highest BCUT2D eigenvalue weighted by atomic mass is 16.3. The number of nitrogens with one attached hydrogen (secondary N) is 1. The van der Waals surface area contributed by atoms with Crippen molar-refractivity contribution in [2.75, 3.05) is 6.54 Å². The van der Waals surface area contributed by atoms with Crippen LogP contribution in [-0.2, 0) is 0 Å². The van der Waals surface area contributed by atoms with Gasteiger partial charge in [-0.05, 0) is 38.3 Å². The first-order valence-corrected chi connectivity index (χ1v) is 7.05. The van der Waals surface area contributed by atoms with Gasteiger partial charge in [-0.15, -0.1) is 0 Å². The van der Waals surface area contributed by atoms with E-state index in [1.807, 2.05) is 19.1 Å². The minimum Gasteiger partial charge on any atom is -0.388 e. The normalized spacial score (nSPS) is 16.3. The Hall–Kier alpha value is -2.21. The highest BCUT2D eigenvalue weighted by molar-refractivity contribution is 5.95. The number of pyridine rings is 1. The van der Waals surface area contributed by atoms with Crippen LogP contribution in [0.25, 0.3) is 5.69 Å². The lowest BCUT2D eigenvalue weighted by atomic mass is 9.80. The first kappa shape index (κ1) is 13.8. The van der Waals surface area contributed by atoms with Gasteiger partial charge in [0, 0.05) is 18.9 Å². The maximum atomic E-state index is 12.2. The summed E-state index contributed by atoms with van der Waals surface area (Å²) in [4.78, 5) is 16.2. The fourth-order valence-electron chi connectivity index (χ4n) is 2.48. The summed E-state index contributed by atoms with van der Waals surface area (Å²) in [5, 5.41) is 17.1. The quantitative estimate of drug-likeness (QED) is 0.885. The molecule has 0 radical (unpaired) electrons. The number of carbonyl (C=O) groups is 1. The van der Waals surface area contributed by atoms with Crippen LogP contribution in [0.5, 0.6) is 0 Å². The summed E-state index contributed by atoms with van der Waals surface area (Å²) in [5.74, 6) is -0.201. The van der Waals surface area contributed by atoms with Crippen LogP contribution in [0.1, 0.15) is 35.3 Å². The van der Waals surface area contributed by atoms with Crippen molar-refractivity contribution in [2.24, 2.45) is 0 Å². The molecule has 0 saturated heterocycles. The summed E-state index contributed by atoms with van der Waals surface area (Å²) in [6, 6.07) is 3.66. The van der Waals surface area contributed by atoms with Crippen molar-refractivity contribution in [3.05, 3.63) is 42.0 Å². The average molecular weight is 286 g/mol. The van der Waals surface area contributed by atoms with Crippen LogP contribution < -0.4 is 5.32 Å². The van der Waals surface area contributed by atoms with Crippen LogP contribution in [0.15, 0.2) is 30.7 Å². The van der Waals surface area contributed by atoms with E-state index in [1.54, 1.807) is 23.3 Å². The van der Waals surface area contributed by atoms with Crippen molar-refractivity contribution in [3.63, 3.8) is 0 Å². The summed E-state index contributed by atoms with van der Waals surface area (Å²) >= 11 is 0. The maximum Gasteiger partial charge on any atom is 0.254 e. The van der Waals surface area contributed by atoms with Crippen LogP contribution in [0.3, 0.4) is 0 Å². The number of aliphatic hydroxyl groups is 1. The number of hydrogen-bond donors (Lipinski definition) is 2. The minimum absolute atomic E-state index is 0.201. The molecular formula is C15H18N4O2. The second-order valence-corrected chi connectivity index (χ2v) is 5.52. The van der Waals surface area contributed by atoms with Crippen molar-refractivity contribution in [3.8, 4) is 5.69 Å². The lowest BCUT2D eigenvalue weighted by molar-refractivity contribution is -0.0300. The van der Waals surface area contributed by atoms with Gasteiger partial charge in [-0.2, -0.15) is 5.10 Å². The standard InChI is InChI=1S/C15H18N4O2/c1-11-13(14(20)17-10-15(21)5-2-6-15)9-18-19(11)12-3-7-16-8-4-12/h3-4,7-9,21H,2,5-6,10H2,1H3,(H,17,20). The molecule has 0 spiro atoms. The van der Waals surface area contributed by atoms with E-state index in [0.29, 0.717) is 12.1 Å². The molecule has 1 saturated carbocycles. The monoisotopic (exact) mass is 286 g/mol. The molecule has 1 amide bonds. The van der Waals surface area contributed by atoms with E-state index in [4.69, 9.17) is 0 Å². The predicted molar refractivity (Wildman–Crippen MR) is 77.2 cm³/mol. The van der Waals surface area contributed by atoms with Gasteiger partial charge in [-0.3, -0.25) is 9.78 Å². The molecule has 21 heavy (non-hydrogen) atoms. The topological polar surface area (TPSA) is 80.0 Å². The molecule has 0 atom stereocenters. The minimum atomic E-state index is -0.718. The molecule has 2 aromatic heterocycles. The Bertz CT molecular complexity index is 647. The molecule has 2 N–H and O–H groups in total. The third-order valence-corrected chi connectivity index (χ3v) is 4.02. The molecule has 0 bridgehead atoms. The largest absolute Gasteiger partial charge is 0.388 e. The van der Waals surface area contributed by atoms with Crippen molar-refractivity contribution < 1.29 is 9.90 Å². The Morgan fingerprint density at radius 3 is 2.76 bits per heavy atom. The Kier molecular flexibility index (Phi) is 3.47. The summed E-state index contributed by atoms with van der Waals surface area (Å²) in [5.41, 5.74) is 1.43. The van der Waals surface area contributed by atoms with Crippen molar-refractivity contribution >= 4 is 5.91 Å². The lowest BCUT2D eigenvalue weighted by Gasteiger charge is -2.36. The van der Waals surface area contributed by atoms with Crippen LogP contribution in [0, 0.1) is 6.92 Å². The first-order valence-electron chi connectivity index (χ1n) is 7.05. The zero-order chi connectivity index (χ0) is 14.9. The molecule has 1 aliphatic rings. The third kappa shape index (κ3) is 2.67. The third-order valence-electron chi connectivity index (χ3n) is 4.02. The maximum absolute atomic E-state index is 12.2. The molecule has 0 unspecified atom stereocenters. The predicted octanol–water partition coefficient (Wildman–Crippen LogP) is 1.22. The summed E-state index contributed by atoms with van der Waals surface area (Å²) < 4.78 is 1.70. The molecule has 0 aromatic carbocycles. The van der Waals surface area contributed by atoms with Gasteiger partial charge in [0.25, 0.3) is 5.91 Å². The Morgan fingerprint density at radius 1 is 1.43 bits per heavy atom. The van der Waals surface area contributed by atoms with Gasteiger partial charge in [0.05, 0.1) is 28.7 Å². The molecular weight excluding hydrogens is 268 g/mol. The summed E-state index contributed by atoms with van der Waals surface area (Å²) in [6.45, 7) is 2.14. The molecule has 6 nitrogen and oxygen atoms in total. The van der Waals surface area contributed by atoms with E-state index in [0.717, 1.165) is 30.6 Å². The fourth-order valence-corrected chi connectivity index (χ4v) is 2.48. The van der Waals surface area contributed by atoms with Gasteiger partial charge in [0.15, 0.2) is 0 Å². The van der Waals surface area contributed by atoms with Gasteiger partial charge in [0.1, 0.15) is 0 Å². The Labute approximate surface area is 122 Å². The highest BCUT2D eigenvalue weighted by Crippen LogP contribution is 2.30. The van der Waals surface area contributed by atoms with Crippen molar-refractivity contribution in [1.82, 2.24) is 20.1 Å². The van der Waals surface area contributed by atoms with Gasteiger partial charge in [-0.1, -0.05) is 0 Å². The van der Waals surface area contributed by atoms with Gasteiger partial charge < -0.3 is 10.4 Å². The van der Waals surface area contributed by atoms with Crippen molar-refractivity contribution in [2.45, 2.75) is 31.8 Å². The van der Waals surface area contributed by atoms with Gasteiger partial charge in [-0.25, -0.2) is 4.68 Å². The number of aromatic nitrogens is 3. The smallest absolute Gasteiger partial charge is 0.254 e. The number of hydrogen-bond acceptors (Lipinski definition) is 4. The van der Waals surface area contributed by atoms with Crippen molar-refractivity contribution in [1.29, 1.82) is 0 Å². The zero-order valence-electron chi connectivity index (χ0n) is 11.9. The van der Waals surface area contributed by atoms with Crippen LogP contribution in [-0.4, -0.2) is 37.9 Å². The molecule has 3 rings (SSSR count). The molecule has 0 aliphatic heterocycles. The molecule has 2 aromatic rings. The molecule has 110 valence electrons. The number of carbonyl (C=O) groups excluding carboxylic acids is 1. The van der Waals surface area contributed by atoms with E-state index >= 15 is 0 Å². The van der Waals surface area contributed by atoms with Gasteiger partial charge >= 0.3 is 0 Å². The second-order valence-electron chi connectivity index (χ2n) is 5.52. The average Bonchev–Trinajstić information content (AvgIpc) is 2.85. The van der Waals surface area contributed by atoms with Crippen LogP contribution in [0.4, 0.5) is 0 Å².